The number of hydrogen-bond donors (Lipinski definition) is 0. The van der Waals surface area contributed by atoms with Crippen LogP contribution in [0.2, 0.25) is 0 Å². The van der Waals surface area contributed by atoms with Crippen LogP contribution in [0.5, 0.6) is 0 Å². The van der Waals surface area contributed by atoms with E-state index in [-0.39, 0.29) is 0 Å². The molecule has 0 saturated heterocycles. The first-order valence-corrected chi connectivity index (χ1v) is 20.7. The first-order chi connectivity index (χ1) is 30.2. The van der Waals surface area contributed by atoms with Crippen molar-refractivity contribution in [1.29, 1.82) is 0 Å². The number of fused-ring (bicyclic) bond motifs is 8. The third-order valence-corrected chi connectivity index (χ3v) is 12.1. The Morgan fingerprint density at radius 2 is 0.787 bits per heavy atom. The molecule has 2 heterocycles. The van der Waals surface area contributed by atoms with E-state index in [2.05, 4.69) is 223 Å². The van der Waals surface area contributed by atoms with E-state index in [9.17, 15) is 0 Å². The Labute approximate surface area is 353 Å². The molecule has 3 heteroatoms. The van der Waals surface area contributed by atoms with Gasteiger partial charge in [-0.25, -0.2) is 0 Å². The fourth-order valence-electron chi connectivity index (χ4n) is 9.13. The number of furan rings is 2. The zero-order valence-electron chi connectivity index (χ0n) is 33.1. The Morgan fingerprint density at radius 1 is 0.279 bits per heavy atom. The van der Waals surface area contributed by atoms with Crippen LogP contribution in [-0.2, 0) is 0 Å². The number of nitrogens with zero attached hydrogens (tertiary/aromatic N) is 1. The van der Waals surface area contributed by atoms with E-state index >= 15 is 0 Å². The highest BCUT2D eigenvalue weighted by atomic mass is 16.3. The van der Waals surface area contributed by atoms with Crippen LogP contribution >= 0.6 is 0 Å². The zero-order chi connectivity index (χ0) is 40.3. The Bertz CT molecular complexity index is 3560. The molecule has 0 aliphatic rings. The monoisotopic (exact) mass is 779 g/mol. The van der Waals surface area contributed by atoms with E-state index in [0.717, 1.165) is 99.7 Å². The lowest BCUT2D eigenvalue weighted by atomic mass is 9.98. The lowest BCUT2D eigenvalue weighted by Gasteiger charge is -2.28. The molecule has 2 aromatic heterocycles. The average molecular weight is 780 g/mol. The molecular formula is C58H37NO2. The third-order valence-electron chi connectivity index (χ3n) is 12.1. The molecule has 61 heavy (non-hydrogen) atoms. The van der Waals surface area contributed by atoms with Crippen molar-refractivity contribution < 1.29 is 8.83 Å². The Balaban J connectivity index is 0.989. The van der Waals surface area contributed by atoms with Gasteiger partial charge in [-0.2, -0.15) is 0 Å². The van der Waals surface area contributed by atoms with Gasteiger partial charge in [-0.3, -0.25) is 0 Å². The van der Waals surface area contributed by atoms with Gasteiger partial charge in [0.2, 0.25) is 0 Å². The molecule has 3 nitrogen and oxygen atoms in total. The summed E-state index contributed by atoms with van der Waals surface area (Å²) in [5.74, 6) is 0. The number of rotatable bonds is 7. The SMILES string of the molecule is c1ccc(-c2ccc(N(c3ccc(-c4cccc5c4oc4c(-c6ccccc6)cccc45)cc3)c3ccccc3-c3ccc4oc5c6ccccc6ccc5c4c3)cc2)cc1. The van der Waals surface area contributed by atoms with Gasteiger partial charge in [-0.15, -0.1) is 0 Å². The van der Waals surface area contributed by atoms with Gasteiger partial charge < -0.3 is 13.7 Å². The van der Waals surface area contributed by atoms with Gasteiger partial charge in [0.25, 0.3) is 0 Å². The van der Waals surface area contributed by atoms with Crippen molar-refractivity contribution >= 4 is 71.7 Å². The quantitative estimate of drug-likeness (QED) is 0.161. The number of benzene rings is 10. The molecule has 12 rings (SSSR count). The van der Waals surface area contributed by atoms with Gasteiger partial charge >= 0.3 is 0 Å². The Kier molecular flexibility index (Phi) is 8.17. The van der Waals surface area contributed by atoms with Gasteiger partial charge in [-0.05, 0) is 81.7 Å². The molecule has 0 N–H and O–H groups in total. The van der Waals surface area contributed by atoms with Crippen molar-refractivity contribution in [3.8, 4) is 44.5 Å². The van der Waals surface area contributed by atoms with E-state index in [0.29, 0.717) is 0 Å². The molecule has 0 amide bonds. The summed E-state index contributed by atoms with van der Waals surface area (Å²) in [6.45, 7) is 0. The van der Waals surface area contributed by atoms with Crippen LogP contribution in [0, 0.1) is 0 Å². The molecule has 10 aromatic carbocycles. The van der Waals surface area contributed by atoms with Gasteiger partial charge in [0.1, 0.15) is 22.3 Å². The van der Waals surface area contributed by atoms with E-state index in [1.165, 1.54) is 16.5 Å². The minimum atomic E-state index is 0.882. The van der Waals surface area contributed by atoms with Crippen LogP contribution in [-0.4, -0.2) is 0 Å². The van der Waals surface area contributed by atoms with Gasteiger partial charge in [0.05, 0.1) is 5.69 Å². The summed E-state index contributed by atoms with van der Waals surface area (Å²) in [6, 6.07) is 79.8. The second-order valence-corrected chi connectivity index (χ2v) is 15.6. The molecule has 286 valence electrons. The highest BCUT2D eigenvalue weighted by molar-refractivity contribution is 6.16. The van der Waals surface area contributed by atoms with Crippen LogP contribution in [0.15, 0.2) is 233 Å². The second kappa shape index (κ2) is 14.3. The fourth-order valence-corrected chi connectivity index (χ4v) is 9.13. The predicted molar refractivity (Wildman–Crippen MR) is 255 cm³/mol. The summed E-state index contributed by atoms with van der Waals surface area (Å²) >= 11 is 0. The summed E-state index contributed by atoms with van der Waals surface area (Å²) in [7, 11) is 0. The maximum atomic E-state index is 6.81. The van der Waals surface area contributed by atoms with E-state index in [4.69, 9.17) is 8.83 Å². The first kappa shape index (κ1) is 34.9. The first-order valence-electron chi connectivity index (χ1n) is 20.7. The van der Waals surface area contributed by atoms with Gasteiger partial charge in [-0.1, -0.05) is 176 Å². The third kappa shape index (κ3) is 5.90. The summed E-state index contributed by atoms with van der Waals surface area (Å²) < 4.78 is 13.3. The summed E-state index contributed by atoms with van der Waals surface area (Å²) in [6.07, 6.45) is 0. The average Bonchev–Trinajstić information content (AvgIpc) is 3.92. The van der Waals surface area contributed by atoms with E-state index in [1.807, 2.05) is 6.07 Å². The molecule has 0 aliphatic carbocycles. The van der Waals surface area contributed by atoms with Crippen molar-refractivity contribution in [2.45, 2.75) is 0 Å². The van der Waals surface area contributed by atoms with Crippen molar-refractivity contribution in [2.24, 2.45) is 0 Å². The van der Waals surface area contributed by atoms with Crippen LogP contribution in [0.3, 0.4) is 0 Å². The molecule has 0 spiro atoms. The van der Waals surface area contributed by atoms with Gasteiger partial charge in [0.15, 0.2) is 0 Å². The topological polar surface area (TPSA) is 29.5 Å². The summed E-state index contributed by atoms with van der Waals surface area (Å²) in [4.78, 5) is 2.37. The molecule has 0 aliphatic heterocycles. The highest BCUT2D eigenvalue weighted by Crippen LogP contribution is 2.45. The van der Waals surface area contributed by atoms with Crippen molar-refractivity contribution in [2.75, 3.05) is 4.90 Å². The maximum absolute atomic E-state index is 6.81. The molecule has 0 atom stereocenters. The lowest BCUT2D eigenvalue weighted by Crippen LogP contribution is -2.11. The number of para-hydroxylation sites is 3. The largest absolute Gasteiger partial charge is 0.455 e. The standard InChI is InChI=1S/C58H37NO2/c1-3-13-38(14-4-1)39-25-31-44(32-26-39)59(54-24-10-9-18-46(54)43-30-36-55-53(37-43)52-35-29-41-17-7-8-19-47(41)56(52)60-55)45-33-27-42(28-34-45)49-21-12-23-51-50-22-11-20-48(57(50)61-58(49)51)40-15-5-2-6-16-40/h1-37H. The van der Waals surface area contributed by atoms with Crippen LogP contribution in [0.4, 0.5) is 17.1 Å². The van der Waals surface area contributed by atoms with Crippen molar-refractivity contribution in [1.82, 2.24) is 0 Å². The zero-order valence-corrected chi connectivity index (χ0v) is 33.1. The molecule has 0 radical (unpaired) electrons. The molecule has 12 aromatic rings. The number of anilines is 3. The lowest BCUT2D eigenvalue weighted by molar-refractivity contribution is 0.671. The van der Waals surface area contributed by atoms with E-state index in [1.54, 1.807) is 0 Å². The van der Waals surface area contributed by atoms with Crippen LogP contribution in [0.1, 0.15) is 0 Å². The fraction of sp³-hybridized carbons (Fsp3) is 0. The predicted octanol–water partition coefficient (Wildman–Crippen LogP) is 16.8. The molecule has 0 unspecified atom stereocenters. The molecule has 0 fully saturated rings. The maximum Gasteiger partial charge on any atom is 0.143 e. The Morgan fingerprint density at radius 3 is 1.49 bits per heavy atom. The molecule has 0 bridgehead atoms. The molecular weight excluding hydrogens is 743 g/mol. The second-order valence-electron chi connectivity index (χ2n) is 15.6. The molecule has 0 saturated carbocycles. The summed E-state index contributed by atoms with van der Waals surface area (Å²) in [5.41, 5.74) is 15.8. The van der Waals surface area contributed by atoms with Crippen molar-refractivity contribution in [3.63, 3.8) is 0 Å². The normalized spacial score (nSPS) is 11.6. The van der Waals surface area contributed by atoms with Crippen LogP contribution in [0.25, 0.3) is 99.2 Å². The number of hydrogen-bond acceptors (Lipinski definition) is 3. The van der Waals surface area contributed by atoms with Crippen LogP contribution < -0.4 is 4.90 Å². The minimum Gasteiger partial charge on any atom is -0.455 e. The Hall–Kier alpha value is -8.14. The van der Waals surface area contributed by atoms with Gasteiger partial charge in [0, 0.05) is 55.0 Å². The smallest absolute Gasteiger partial charge is 0.143 e. The highest BCUT2D eigenvalue weighted by Gasteiger charge is 2.20. The minimum absolute atomic E-state index is 0.882. The van der Waals surface area contributed by atoms with Crippen molar-refractivity contribution in [3.05, 3.63) is 224 Å². The van der Waals surface area contributed by atoms with E-state index < -0.39 is 0 Å². The summed E-state index contributed by atoms with van der Waals surface area (Å²) in [5, 5.41) is 6.75.